The number of hydrogen-bond donors (Lipinski definition) is 1. The molecule has 3 rings (SSSR count). The van der Waals surface area contributed by atoms with E-state index in [1.807, 2.05) is 67.7 Å². The molecule has 1 aliphatic rings. The van der Waals surface area contributed by atoms with E-state index in [0.29, 0.717) is 25.0 Å². The number of benzene rings is 2. The number of ether oxygens (including phenoxy) is 1. The van der Waals surface area contributed by atoms with Crippen LogP contribution in [0.3, 0.4) is 0 Å². The summed E-state index contributed by atoms with van der Waals surface area (Å²) in [5.41, 5.74) is 1.67. The van der Waals surface area contributed by atoms with Crippen LogP contribution in [0, 0.1) is 11.8 Å². The maximum atomic E-state index is 13.4. The highest BCUT2D eigenvalue weighted by Crippen LogP contribution is 2.31. The standard InChI is InChI=1S/C24H30N2O4/c1-25(16-19-9-8-10-20(15-19)17-30-18-23(27)28)24(29)26(21-11-4-2-5-12-21)22-13-6-3-7-14-22/h2-7,11-14,19-20H,8-10,15-18H2,1H3,(H,27,28). The third kappa shape index (κ3) is 6.07. The monoisotopic (exact) mass is 410 g/mol. The number of carbonyl (C=O) groups is 2. The largest absolute Gasteiger partial charge is 0.480 e. The Kier molecular flexibility index (Phi) is 7.85. The highest BCUT2D eigenvalue weighted by molar-refractivity contribution is 5.99. The van der Waals surface area contributed by atoms with Crippen molar-refractivity contribution >= 4 is 23.4 Å². The maximum absolute atomic E-state index is 13.4. The van der Waals surface area contributed by atoms with E-state index in [9.17, 15) is 9.59 Å². The van der Waals surface area contributed by atoms with Crippen molar-refractivity contribution in [1.29, 1.82) is 0 Å². The molecule has 1 fully saturated rings. The Morgan fingerprint density at radius 2 is 1.53 bits per heavy atom. The van der Waals surface area contributed by atoms with Crippen LogP contribution >= 0.6 is 0 Å². The number of carboxylic acids is 1. The van der Waals surface area contributed by atoms with Crippen LogP contribution in [0.4, 0.5) is 16.2 Å². The van der Waals surface area contributed by atoms with Gasteiger partial charge in [0.1, 0.15) is 6.61 Å². The van der Waals surface area contributed by atoms with Crippen molar-refractivity contribution < 1.29 is 19.4 Å². The van der Waals surface area contributed by atoms with E-state index in [2.05, 4.69) is 0 Å². The molecule has 2 atom stereocenters. The van der Waals surface area contributed by atoms with E-state index < -0.39 is 5.97 Å². The first-order valence-electron chi connectivity index (χ1n) is 10.5. The summed E-state index contributed by atoms with van der Waals surface area (Å²) in [5, 5.41) is 8.74. The molecule has 2 aromatic rings. The molecule has 1 N–H and O–H groups in total. The predicted molar refractivity (Wildman–Crippen MR) is 117 cm³/mol. The summed E-state index contributed by atoms with van der Waals surface area (Å²) in [6, 6.07) is 19.3. The molecule has 6 nitrogen and oxygen atoms in total. The fourth-order valence-electron chi connectivity index (χ4n) is 4.19. The second kappa shape index (κ2) is 10.8. The Hall–Kier alpha value is -2.86. The lowest BCUT2D eigenvalue weighted by Crippen LogP contribution is -2.41. The lowest BCUT2D eigenvalue weighted by Gasteiger charge is -2.34. The van der Waals surface area contributed by atoms with Gasteiger partial charge in [-0.15, -0.1) is 0 Å². The second-order valence-electron chi connectivity index (χ2n) is 7.98. The molecule has 0 spiro atoms. The maximum Gasteiger partial charge on any atom is 0.329 e. The number of carboxylic acid groups (broad SMARTS) is 1. The SMILES string of the molecule is CN(CC1CCCC(COCC(=O)O)C1)C(=O)N(c1ccccc1)c1ccccc1. The van der Waals surface area contributed by atoms with Crippen LogP contribution in [0.5, 0.6) is 0 Å². The Morgan fingerprint density at radius 1 is 0.967 bits per heavy atom. The number of aliphatic carboxylic acids is 1. The molecule has 0 bridgehead atoms. The van der Waals surface area contributed by atoms with E-state index in [-0.39, 0.29) is 12.6 Å². The van der Waals surface area contributed by atoms with Crippen LogP contribution < -0.4 is 4.90 Å². The predicted octanol–water partition coefficient (Wildman–Crippen LogP) is 4.78. The van der Waals surface area contributed by atoms with Crippen LogP contribution in [0.25, 0.3) is 0 Å². The Labute approximate surface area is 178 Å². The zero-order valence-corrected chi connectivity index (χ0v) is 17.4. The Morgan fingerprint density at radius 3 is 2.10 bits per heavy atom. The van der Waals surface area contributed by atoms with Gasteiger partial charge in [0.2, 0.25) is 0 Å². The molecule has 0 radical (unpaired) electrons. The van der Waals surface area contributed by atoms with Crippen LogP contribution in [-0.2, 0) is 9.53 Å². The van der Waals surface area contributed by atoms with Crippen LogP contribution in [-0.4, -0.2) is 48.8 Å². The zero-order valence-electron chi connectivity index (χ0n) is 17.4. The first-order chi connectivity index (χ1) is 14.5. The molecule has 0 aromatic heterocycles. The number of carbonyl (C=O) groups excluding carboxylic acids is 1. The quantitative estimate of drug-likeness (QED) is 0.680. The molecular weight excluding hydrogens is 380 g/mol. The minimum Gasteiger partial charge on any atom is -0.480 e. The van der Waals surface area contributed by atoms with Gasteiger partial charge in [0.05, 0.1) is 18.0 Å². The van der Waals surface area contributed by atoms with E-state index in [1.165, 1.54) is 0 Å². The highest BCUT2D eigenvalue weighted by atomic mass is 16.5. The summed E-state index contributed by atoms with van der Waals surface area (Å²) in [5.74, 6) is -0.194. The summed E-state index contributed by atoms with van der Waals surface area (Å²) >= 11 is 0. The Balaban J connectivity index is 1.64. The fraction of sp³-hybridized carbons (Fsp3) is 0.417. The van der Waals surface area contributed by atoms with Crippen molar-refractivity contribution in [1.82, 2.24) is 4.90 Å². The summed E-state index contributed by atoms with van der Waals surface area (Å²) in [7, 11) is 1.85. The van der Waals surface area contributed by atoms with Gasteiger partial charge in [0.25, 0.3) is 0 Å². The Bertz CT molecular complexity index is 773. The van der Waals surface area contributed by atoms with E-state index >= 15 is 0 Å². The van der Waals surface area contributed by atoms with Crippen LogP contribution in [0.2, 0.25) is 0 Å². The summed E-state index contributed by atoms with van der Waals surface area (Å²) in [4.78, 5) is 27.6. The average molecular weight is 411 g/mol. The molecule has 1 aliphatic carbocycles. The third-order valence-electron chi connectivity index (χ3n) is 5.55. The first-order valence-corrected chi connectivity index (χ1v) is 10.5. The van der Waals surface area contributed by atoms with Crippen molar-refractivity contribution in [3.05, 3.63) is 60.7 Å². The van der Waals surface area contributed by atoms with Gasteiger partial charge in [-0.05, 0) is 55.4 Å². The first kappa shape index (κ1) is 21.8. The smallest absolute Gasteiger partial charge is 0.329 e. The normalized spacial score (nSPS) is 18.6. The number of rotatable bonds is 8. The number of urea groups is 1. The molecule has 30 heavy (non-hydrogen) atoms. The fourth-order valence-corrected chi connectivity index (χ4v) is 4.19. The second-order valence-corrected chi connectivity index (χ2v) is 7.98. The van der Waals surface area contributed by atoms with Crippen LogP contribution in [0.15, 0.2) is 60.7 Å². The summed E-state index contributed by atoms with van der Waals surface area (Å²) in [6.45, 7) is 0.897. The molecule has 1 saturated carbocycles. The van der Waals surface area contributed by atoms with Crippen molar-refractivity contribution in [2.24, 2.45) is 11.8 Å². The lowest BCUT2D eigenvalue weighted by atomic mass is 9.81. The number of nitrogens with zero attached hydrogens (tertiary/aromatic N) is 2. The lowest BCUT2D eigenvalue weighted by molar-refractivity contribution is -0.142. The van der Waals surface area contributed by atoms with E-state index in [1.54, 1.807) is 9.80 Å². The number of anilines is 2. The van der Waals surface area contributed by atoms with Crippen molar-refractivity contribution in [3.63, 3.8) is 0 Å². The van der Waals surface area contributed by atoms with Crippen LogP contribution in [0.1, 0.15) is 25.7 Å². The van der Waals surface area contributed by atoms with Gasteiger partial charge < -0.3 is 14.7 Å². The van der Waals surface area contributed by atoms with E-state index in [0.717, 1.165) is 37.1 Å². The summed E-state index contributed by atoms with van der Waals surface area (Å²) < 4.78 is 5.30. The van der Waals surface area contributed by atoms with Gasteiger partial charge in [-0.1, -0.05) is 42.8 Å². The number of amides is 2. The third-order valence-corrected chi connectivity index (χ3v) is 5.55. The van der Waals surface area contributed by atoms with Crippen molar-refractivity contribution in [2.45, 2.75) is 25.7 Å². The minimum atomic E-state index is -0.936. The topological polar surface area (TPSA) is 70.1 Å². The molecule has 2 aromatic carbocycles. The van der Waals surface area contributed by atoms with Crippen molar-refractivity contribution in [2.75, 3.05) is 31.7 Å². The van der Waals surface area contributed by atoms with Gasteiger partial charge >= 0.3 is 12.0 Å². The van der Waals surface area contributed by atoms with Gasteiger partial charge in [0, 0.05) is 13.6 Å². The zero-order chi connectivity index (χ0) is 21.3. The molecule has 0 aliphatic heterocycles. The molecule has 2 unspecified atom stereocenters. The average Bonchev–Trinajstić information content (AvgIpc) is 2.75. The van der Waals surface area contributed by atoms with E-state index in [4.69, 9.17) is 9.84 Å². The minimum absolute atomic E-state index is 0.0587. The van der Waals surface area contributed by atoms with Gasteiger partial charge in [-0.3, -0.25) is 4.90 Å². The number of para-hydroxylation sites is 2. The molecule has 2 amide bonds. The highest BCUT2D eigenvalue weighted by Gasteiger charge is 2.27. The number of hydrogen-bond acceptors (Lipinski definition) is 3. The van der Waals surface area contributed by atoms with Gasteiger partial charge in [0.15, 0.2) is 0 Å². The van der Waals surface area contributed by atoms with Gasteiger partial charge in [-0.2, -0.15) is 0 Å². The molecule has 0 heterocycles. The molecule has 0 saturated heterocycles. The molecule has 160 valence electrons. The summed E-state index contributed by atoms with van der Waals surface area (Å²) in [6.07, 6.45) is 4.15. The van der Waals surface area contributed by atoms with Crippen molar-refractivity contribution in [3.8, 4) is 0 Å². The van der Waals surface area contributed by atoms with Gasteiger partial charge in [-0.25, -0.2) is 9.59 Å². The molecule has 6 heteroatoms. The molecular formula is C24H30N2O4.